The number of H-pyrrole nitrogens is 1. The predicted molar refractivity (Wildman–Crippen MR) is 136 cm³/mol. The van der Waals surface area contributed by atoms with Crippen LogP contribution in [0.15, 0.2) is 34.5 Å². The van der Waals surface area contributed by atoms with Crippen molar-refractivity contribution in [3.63, 3.8) is 0 Å². The summed E-state index contributed by atoms with van der Waals surface area (Å²) in [5, 5.41) is 0. The summed E-state index contributed by atoms with van der Waals surface area (Å²) in [4.78, 5) is 58.9. The third-order valence-corrected chi connectivity index (χ3v) is 8.90. The third-order valence-electron chi connectivity index (χ3n) is 6.92. The van der Waals surface area contributed by atoms with E-state index in [9.17, 15) is 28.5 Å². The van der Waals surface area contributed by atoms with Gasteiger partial charge in [-0.25, -0.2) is 33.3 Å². The third kappa shape index (κ3) is 5.69. The minimum Gasteiger partial charge on any atom is -0.382 e. The average Bonchev–Trinajstić information content (AvgIpc) is 3.60. The number of anilines is 1. The Labute approximate surface area is 238 Å². The quantitative estimate of drug-likeness (QED) is 0.251. The molecule has 6 heterocycles. The Morgan fingerprint density at radius 2 is 1.67 bits per heavy atom. The highest BCUT2D eigenvalue weighted by Crippen LogP contribution is 2.54. The van der Waals surface area contributed by atoms with Crippen LogP contribution in [-0.2, 0) is 41.4 Å². The van der Waals surface area contributed by atoms with Gasteiger partial charge in [0.25, 0.3) is 5.56 Å². The van der Waals surface area contributed by atoms with Gasteiger partial charge in [0.05, 0.1) is 19.5 Å². The van der Waals surface area contributed by atoms with Gasteiger partial charge in [-0.2, -0.15) is 0 Å². The summed E-state index contributed by atoms with van der Waals surface area (Å²) in [6.07, 6.45) is -9.44. The summed E-state index contributed by atoms with van der Waals surface area (Å²) in [6.45, 7) is -1.69. The number of nitrogens with two attached hydrogens (primary N) is 1. The van der Waals surface area contributed by atoms with E-state index in [-0.39, 0.29) is 17.0 Å². The second kappa shape index (κ2) is 11.2. The Bertz CT molecular complexity index is 1740. The largest absolute Gasteiger partial charge is 0.472 e. The van der Waals surface area contributed by atoms with Crippen molar-refractivity contribution >= 4 is 32.6 Å². The van der Waals surface area contributed by atoms with Crippen LogP contribution in [0.2, 0.25) is 0 Å². The highest BCUT2D eigenvalue weighted by atomic mass is 31.2. The van der Waals surface area contributed by atoms with Crippen molar-refractivity contribution < 1.29 is 55.6 Å². The lowest BCUT2D eigenvalue weighted by atomic mass is 10.1. The fourth-order valence-electron chi connectivity index (χ4n) is 5.01. The van der Waals surface area contributed by atoms with E-state index in [4.69, 9.17) is 38.0 Å². The highest BCUT2D eigenvalue weighted by molar-refractivity contribution is 7.47. The van der Waals surface area contributed by atoms with Gasteiger partial charge in [-0.1, -0.05) is 0 Å². The number of imidazole rings is 1. The van der Waals surface area contributed by atoms with Gasteiger partial charge in [0.15, 0.2) is 30.1 Å². The van der Waals surface area contributed by atoms with Crippen molar-refractivity contribution in [2.45, 2.75) is 49.1 Å². The molecule has 3 aromatic heterocycles. The molecule has 6 rings (SSSR count). The summed E-state index contributed by atoms with van der Waals surface area (Å²) >= 11 is 0. The topological polar surface area (TPSA) is 264 Å². The number of phosphoric acid groups is 2. The molecule has 0 spiro atoms. The lowest BCUT2D eigenvalue weighted by Crippen LogP contribution is -2.40. The lowest BCUT2D eigenvalue weighted by molar-refractivity contribution is -0.0683. The molecule has 0 bridgehead atoms. The van der Waals surface area contributed by atoms with Crippen molar-refractivity contribution in [1.82, 2.24) is 29.1 Å². The van der Waals surface area contributed by atoms with Gasteiger partial charge in [-0.3, -0.25) is 37.0 Å². The molecule has 10 atom stereocenters. The molecule has 0 radical (unpaired) electrons. The van der Waals surface area contributed by atoms with Crippen LogP contribution >= 0.6 is 15.6 Å². The molecular formula is C20H24FN7O13P2. The van der Waals surface area contributed by atoms with E-state index in [0.717, 1.165) is 34.1 Å². The zero-order valence-electron chi connectivity index (χ0n) is 21.8. The number of aromatic amines is 1. The van der Waals surface area contributed by atoms with E-state index in [2.05, 4.69) is 15.0 Å². The molecular weight excluding hydrogens is 627 g/mol. The zero-order chi connectivity index (χ0) is 30.7. The molecule has 234 valence electrons. The Morgan fingerprint density at radius 3 is 2.35 bits per heavy atom. The number of hydrogen-bond acceptors (Lipinski definition) is 15. The first kappa shape index (κ1) is 30.1. The van der Waals surface area contributed by atoms with Gasteiger partial charge in [0, 0.05) is 19.4 Å². The summed E-state index contributed by atoms with van der Waals surface area (Å²) in [7, 11) is -8.94. The van der Waals surface area contributed by atoms with Crippen molar-refractivity contribution in [1.29, 1.82) is 0 Å². The predicted octanol–water partition coefficient (Wildman–Crippen LogP) is -0.875. The van der Waals surface area contributed by atoms with Crippen LogP contribution in [0.1, 0.15) is 12.5 Å². The maximum Gasteiger partial charge on any atom is 0.472 e. The normalized spacial score (nSPS) is 38.7. The zero-order valence-corrected chi connectivity index (χ0v) is 23.6. The van der Waals surface area contributed by atoms with Gasteiger partial charge in [0.2, 0.25) is 0 Å². The molecule has 43 heavy (non-hydrogen) atoms. The van der Waals surface area contributed by atoms with E-state index in [0.29, 0.717) is 0 Å². The number of nitrogen functional groups attached to an aromatic ring is 1. The number of halogens is 1. The summed E-state index contributed by atoms with van der Waals surface area (Å²) in [6, 6.07) is 1.02. The van der Waals surface area contributed by atoms with Gasteiger partial charge in [-0.05, 0) is 0 Å². The second-order valence-corrected chi connectivity index (χ2v) is 12.4. The van der Waals surface area contributed by atoms with E-state index >= 15 is 4.39 Å². The minimum absolute atomic E-state index is 0.00431. The molecule has 2 unspecified atom stereocenters. The maximum atomic E-state index is 15.8. The Morgan fingerprint density at radius 1 is 1.02 bits per heavy atom. The molecule has 20 nitrogen and oxygen atoms in total. The molecule has 5 N–H and O–H groups in total. The Hall–Kier alpha value is -2.94. The SMILES string of the molecule is CO[C@@H]1[C@@H]2OP(=O)(O)OC[C@H]3O[C@@H](n4cnc5c(N)ncnc54)[C@H](F)[C@@H]3OP(=O)(O)OC[C@H]2O[C@H]1n1ccc(=O)[nH]c1=O. The number of phosphoric ester groups is 2. The van der Waals surface area contributed by atoms with Crippen molar-refractivity contribution in [2.24, 2.45) is 0 Å². The van der Waals surface area contributed by atoms with Crippen LogP contribution in [0.3, 0.4) is 0 Å². The van der Waals surface area contributed by atoms with Crippen molar-refractivity contribution in [2.75, 3.05) is 26.1 Å². The lowest BCUT2D eigenvalue weighted by Gasteiger charge is -2.28. The van der Waals surface area contributed by atoms with E-state index in [1.54, 1.807) is 0 Å². The van der Waals surface area contributed by atoms with Crippen LogP contribution in [-0.4, -0.2) is 95.9 Å². The van der Waals surface area contributed by atoms with Gasteiger partial charge < -0.3 is 29.7 Å². The number of rotatable bonds is 3. The Balaban J connectivity index is 1.29. The number of aromatic nitrogens is 6. The minimum atomic E-state index is -5.09. The van der Waals surface area contributed by atoms with Crippen LogP contribution in [0, 0.1) is 0 Å². The molecule has 0 saturated carbocycles. The van der Waals surface area contributed by atoms with Crippen molar-refractivity contribution in [3.05, 3.63) is 45.8 Å². The number of hydrogen-bond donors (Lipinski definition) is 4. The molecule has 3 aliphatic rings. The fraction of sp³-hybridized carbons (Fsp3) is 0.550. The first-order valence-electron chi connectivity index (χ1n) is 12.4. The van der Waals surface area contributed by atoms with E-state index in [1.807, 2.05) is 4.98 Å². The second-order valence-electron chi connectivity index (χ2n) is 9.54. The number of ether oxygens (including phenoxy) is 3. The first-order valence-corrected chi connectivity index (χ1v) is 15.4. The maximum absolute atomic E-state index is 15.8. The molecule has 0 amide bonds. The molecule has 3 fully saturated rings. The number of nitrogens with zero attached hydrogens (tertiary/aromatic N) is 5. The highest BCUT2D eigenvalue weighted by Gasteiger charge is 2.55. The summed E-state index contributed by atoms with van der Waals surface area (Å²) in [5.41, 5.74) is 4.38. The summed E-state index contributed by atoms with van der Waals surface area (Å²) < 4.78 is 81.4. The average molecular weight is 651 g/mol. The fourth-order valence-corrected chi connectivity index (χ4v) is 6.93. The standard InChI is InChI=1S/C20H24FN7O13P2/c1-35-15-14-9(39-19(15)27-3-2-10(29)26-20(27)30)5-37-42(31,32)40-13-8(4-36-43(33,34)41-14)38-18(11(13)21)28-7-25-12-16(22)23-6-24-17(12)28/h2-3,6-9,11,13-15,18-19H,4-5H2,1H3,(H,31,32)(H,33,34)(H2,22,23,24)(H,26,29,30)/t8-,9-,11-,13-,14-,15-,18-,19-/m1/s1. The smallest absolute Gasteiger partial charge is 0.382 e. The van der Waals surface area contributed by atoms with E-state index < -0.39 is 89.3 Å². The van der Waals surface area contributed by atoms with E-state index in [1.165, 1.54) is 7.11 Å². The molecule has 0 aliphatic carbocycles. The van der Waals surface area contributed by atoms with Gasteiger partial charge in [-0.15, -0.1) is 0 Å². The molecule has 3 aliphatic heterocycles. The monoisotopic (exact) mass is 651 g/mol. The molecule has 3 saturated heterocycles. The number of alkyl halides is 1. The summed E-state index contributed by atoms with van der Waals surface area (Å²) in [5.74, 6) is 0.00431. The molecule has 0 aromatic carbocycles. The van der Waals surface area contributed by atoms with Crippen molar-refractivity contribution in [3.8, 4) is 0 Å². The Kier molecular flexibility index (Phi) is 7.84. The molecule has 23 heteroatoms. The van der Waals surface area contributed by atoms with Crippen LogP contribution < -0.4 is 17.0 Å². The van der Waals surface area contributed by atoms with Gasteiger partial charge >= 0.3 is 21.3 Å². The van der Waals surface area contributed by atoms with Crippen LogP contribution in [0.5, 0.6) is 0 Å². The van der Waals surface area contributed by atoms with Crippen LogP contribution in [0.4, 0.5) is 10.2 Å². The number of methoxy groups -OCH3 is 1. The number of fused-ring (bicyclic) bond motifs is 3. The molecule has 3 aromatic rings. The van der Waals surface area contributed by atoms with Crippen LogP contribution in [0.25, 0.3) is 11.2 Å². The number of nitrogens with one attached hydrogen (secondary N) is 1. The first-order chi connectivity index (χ1) is 20.4. The van der Waals surface area contributed by atoms with Gasteiger partial charge in [0.1, 0.15) is 42.4 Å².